The van der Waals surface area contributed by atoms with E-state index in [-0.39, 0.29) is 63.7 Å². The molecule has 1 aliphatic rings. The number of aliphatic hydroxyl groups is 1. The Bertz CT molecular complexity index is 2490. The first-order valence-corrected chi connectivity index (χ1v) is 24.5. The van der Waals surface area contributed by atoms with E-state index in [0.717, 1.165) is 45.0 Å². The number of carbonyl (C=O) groups excluding carboxylic acids is 4. The molecule has 3 N–H and O–H groups in total. The summed E-state index contributed by atoms with van der Waals surface area (Å²) in [6, 6.07) is 35.1. The second-order valence-electron chi connectivity index (χ2n) is 17.3. The standard InChI is InChI=1S/C55H65N5O8S/c1-6-47(41-16-10-7-11-17-41)51(42-18-12-8-13-19-42)43-24-26-46(27-25-43)68-31-28-59(5)50(63)36-67-30-15-9-14-29-66-35-49(62)58-52(38(2)3)55(65)60-34-45(61)32-48(60)54(64)56-33-40-20-22-44(23-21-40)53-39(4)57-37-69-53/h7-13,15-27,37-38,45,48,52,61H,6,14,28-36H2,1-5H3,(H,56,64)(H,58,62)/b15-9+,51-47-/t45-,48+,52+/m1/s1. The van der Waals surface area contributed by atoms with Gasteiger partial charge in [0, 0.05) is 26.6 Å². The number of aryl methyl sites for hydroxylation is 1. The summed E-state index contributed by atoms with van der Waals surface area (Å²) in [4.78, 5) is 61.0. The number of benzene rings is 4. The number of rotatable bonds is 24. The van der Waals surface area contributed by atoms with Crippen molar-refractivity contribution in [3.8, 4) is 16.2 Å². The molecule has 69 heavy (non-hydrogen) atoms. The smallest absolute Gasteiger partial charge is 0.248 e. The van der Waals surface area contributed by atoms with Gasteiger partial charge in [-0.3, -0.25) is 19.2 Å². The van der Waals surface area contributed by atoms with Gasteiger partial charge in [-0.05, 0) is 76.8 Å². The molecule has 14 heteroatoms. The summed E-state index contributed by atoms with van der Waals surface area (Å²) >= 11 is 1.57. The van der Waals surface area contributed by atoms with Gasteiger partial charge in [0.2, 0.25) is 23.6 Å². The van der Waals surface area contributed by atoms with Crippen molar-refractivity contribution in [2.45, 2.75) is 71.7 Å². The van der Waals surface area contributed by atoms with Crippen LogP contribution in [0.3, 0.4) is 0 Å². The zero-order chi connectivity index (χ0) is 49.1. The van der Waals surface area contributed by atoms with Crippen LogP contribution in [0.15, 0.2) is 127 Å². The molecule has 1 aliphatic heterocycles. The van der Waals surface area contributed by atoms with Gasteiger partial charge < -0.3 is 39.8 Å². The Morgan fingerprint density at radius 3 is 2.20 bits per heavy atom. The van der Waals surface area contributed by atoms with Crippen LogP contribution >= 0.6 is 11.3 Å². The number of likely N-dealkylation sites (N-methyl/N-ethyl adjacent to an activating group) is 1. The third-order valence-corrected chi connectivity index (χ3v) is 12.9. The minimum Gasteiger partial charge on any atom is -0.492 e. The van der Waals surface area contributed by atoms with Crippen molar-refractivity contribution >= 4 is 46.1 Å². The fourth-order valence-electron chi connectivity index (χ4n) is 8.13. The maximum Gasteiger partial charge on any atom is 0.248 e. The van der Waals surface area contributed by atoms with Crippen LogP contribution in [0.2, 0.25) is 0 Å². The van der Waals surface area contributed by atoms with Gasteiger partial charge in [0.25, 0.3) is 0 Å². The lowest BCUT2D eigenvalue weighted by molar-refractivity contribution is -0.143. The number of hydrogen-bond acceptors (Lipinski definition) is 10. The topological polar surface area (TPSA) is 160 Å². The molecular weight excluding hydrogens is 891 g/mol. The first kappa shape index (κ1) is 51.9. The normalized spacial score (nSPS) is 15.5. The average Bonchev–Trinajstić information content (AvgIpc) is 3.99. The van der Waals surface area contributed by atoms with E-state index in [9.17, 15) is 24.3 Å². The van der Waals surface area contributed by atoms with Crippen molar-refractivity contribution in [3.05, 3.63) is 155 Å². The van der Waals surface area contributed by atoms with Gasteiger partial charge >= 0.3 is 0 Å². The minimum absolute atomic E-state index is 0.00728. The van der Waals surface area contributed by atoms with Crippen LogP contribution in [0.1, 0.15) is 68.0 Å². The Morgan fingerprint density at radius 2 is 1.55 bits per heavy atom. The second kappa shape index (κ2) is 26.3. The van der Waals surface area contributed by atoms with Gasteiger partial charge in [-0.2, -0.15) is 0 Å². The first-order valence-electron chi connectivity index (χ1n) is 23.6. The van der Waals surface area contributed by atoms with Crippen LogP contribution < -0.4 is 15.4 Å². The minimum atomic E-state index is -0.912. The molecule has 3 atom stereocenters. The molecule has 6 rings (SSSR count). The zero-order valence-electron chi connectivity index (χ0n) is 40.3. The molecule has 0 bridgehead atoms. The molecule has 13 nitrogen and oxygen atoms in total. The van der Waals surface area contributed by atoms with E-state index >= 15 is 0 Å². The third-order valence-electron chi connectivity index (χ3n) is 11.9. The summed E-state index contributed by atoms with van der Waals surface area (Å²) in [5.74, 6) is -0.996. The zero-order valence-corrected chi connectivity index (χ0v) is 41.1. The Morgan fingerprint density at radius 1 is 0.870 bits per heavy atom. The van der Waals surface area contributed by atoms with Crippen LogP contribution in [0.4, 0.5) is 0 Å². The number of aliphatic hydroxyl groups excluding tert-OH is 1. The largest absolute Gasteiger partial charge is 0.492 e. The number of allylic oxidation sites excluding steroid dienone is 1. The Kier molecular flexibility index (Phi) is 19.8. The van der Waals surface area contributed by atoms with Crippen LogP contribution in [-0.4, -0.2) is 115 Å². The summed E-state index contributed by atoms with van der Waals surface area (Å²) in [6.07, 6.45) is 4.26. The van der Waals surface area contributed by atoms with Crippen molar-refractivity contribution < 1.29 is 38.5 Å². The van der Waals surface area contributed by atoms with Gasteiger partial charge in [-0.15, -0.1) is 11.3 Å². The van der Waals surface area contributed by atoms with Crippen LogP contribution in [0.25, 0.3) is 21.6 Å². The first-order chi connectivity index (χ1) is 33.4. The molecule has 4 aromatic carbocycles. The van der Waals surface area contributed by atoms with Crippen molar-refractivity contribution in [3.63, 3.8) is 0 Å². The lowest BCUT2D eigenvalue weighted by Gasteiger charge is -2.30. The number of hydrogen-bond donors (Lipinski definition) is 3. The fourth-order valence-corrected chi connectivity index (χ4v) is 8.94. The SMILES string of the molecule is CC/C(=C(\c1ccccc1)c1ccc(OCCN(C)C(=O)COC/C=C/CCOCC(=O)N[C@H](C(=O)N2C[C@H](O)C[C@H]2C(=O)NCc2ccc(-c3scnc3C)cc2)C(C)C)cc1)c1ccccc1. The molecule has 1 saturated heterocycles. The molecule has 1 aromatic heterocycles. The lowest BCUT2D eigenvalue weighted by atomic mass is 9.88. The molecule has 364 valence electrons. The molecule has 0 spiro atoms. The highest BCUT2D eigenvalue weighted by atomic mass is 32.1. The van der Waals surface area contributed by atoms with Gasteiger partial charge in [0.15, 0.2) is 0 Å². The summed E-state index contributed by atoms with van der Waals surface area (Å²) < 4.78 is 17.1. The summed E-state index contributed by atoms with van der Waals surface area (Å²) in [5.41, 5.74) is 10.6. The maximum atomic E-state index is 13.8. The summed E-state index contributed by atoms with van der Waals surface area (Å²) in [7, 11) is 1.72. The molecule has 1 fully saturated rings. The predicted octanol–water partition coefficient (Wildman–Crippen LogP) is 7.72. The van der Waals surface area contributed by atoms with E-state index in [1.807, 2.05) is 80.9 Å². The number of thiazole rings is 1. The van der Waals surface area contributed by atoms with E-state index in [0.29, 0.717) is 19.6 Å². The quantitative estimate of drug-likeness (QED) is 0.0320. The van der Waals surface area contributed by atoms with Crippen molar-refractivity contribution in [2.24, 2.45) is 5.92 Å². The number of β-amino-alcohol motifs (C(OH)–C–C–N with tert-alkyl or cyclic N) is 1. The van der Waals surface area contributed by atoms with Crippen LogP contribution in [0.5, 0.6) is 5.75 Å². The molecule has 5 aromatic rings. The maximum absolute atomic E-state index is 13.8. The van der Waals surface area contributed by atoms with E-state index < -0.39 is 30.0 Å². The van der Waals surface area contributed by atoms with Gasteiger partial charge in [0.1, 0.15) is 37.7 Å². The Balaban J connectivity index is 0.853. The number of likely N-dealkylation sites (tertiary alicyclic amines) is 1. The van der Waals surface area contributed by atoms with Crippen molar-refractivity contribution in [1.29, 1.82) is 0 Å². The third kappa shape index (κ3) is 15.0. The lowest BCUT2D eigenvalue weighted by Crippen LogP contribution is -2.55. The number of aromatic nitrogens is 1. The molecule has 4 amide bonds. The number of carbonyl (C=O) groups is 4. The second-order valence-corrected chi connectivity index (χ2v) is 18.2. The number of nitrogens with zero attached hydrogens (tertiary/aromatic N) is 3. The Hall–Kier alpha value is -6.45. The molecule has 0 radical (unpaired) electrons. The van der Waals surface area contributed by atoms with E-state index in [4.69, 9.17) is 14.2 Å². The Labute approximate surface area is 410 Å². The monoisotopic (exact) mass is 955 g/mol. The van der Waals surface area contributed by atoms with Crippen LogP contribution in [0, 0.1) is 12.8 Å². The number of amides is 4. The average molecular weight is 956 g/mol. The van der Waals surface area contributed by atoms with Crippen molar-refractivity contribution in [2.75, 3.05) is 53.2 Å². The number of nitrogens with one attached hydrogen (secondary N) is 2. The van der Waals surface area contributed by atoms with E-state index in [1.54, 1.807) is 29.4 Å². The van der Waals surface area contributed by atoms with Crippen LogP contribution in [-0.2, 0) is 35.2 Å². The summed E-state index contributed by atoms with van der Waals surface area (Å²) in [6.45, 7) is 8.89. The number of ether oxygens (including phenoxy) is 3. The molecule has 2 heterocycles. The molecular formula is C55H65N5O8S. The van der Waals surface area contributed by atoms with E-state index in [1.165, 1.54) is 21.6 Å². The molecule has 0 unspecified atom stereocenters. The predicted molar refractivity (Wildman–Crippen MR) is 271 cm³/mol. The fraction of sp³-hybridized carbons (Fsp3) is 0.364. The molecule has 0 saturated carbocycles. The molecule has 0 aliphatic carbocycles. The summed E-state index contributed by atoms with van der Waals surface area (Å²) in [5, 5.41) is 16.2. The van der Waals surface area contributed by atoms with Gasteiger partial charge in [0.05, 0.1) is 41.9 Å². The highest BCUT2D eigenvalue weighted by Gasteiger charge is 2.42. The van der Waals surface area contributed by atoms with Gasteiger partial charge in [-0.1, -0.05) is 130 Å². The van der Waals surface area contributed by atoms with E-state index in [2.05, 4.69) is 83.2 Å². The highest BCUT2D eigenvalue weighted by molar-refractivity contribution is 7.13. The van der Waals surface area contributed by atoms with Crippen molar-refractivity contribution in [1.82, 2.24) is 25.4 Å². The highest BCUT2D eigenvalue weighted by Crippen LogP contribution is 2.35. The van der Waals surface area contributed by atoms with Gasteiger partial charge in [-0.25, -0.2) is 4.98 Å².